The summed E-state index contributed by atoms with van der Waals surface area (Å²) in [6, 6.07) is 3.17. The van der Waals surface area contributed by atoms with Crippen molar-refractivity contribution in [2.75, 3.05) is 0 Å². The molecule has 1 atom stereocenters. The lowest BCUT2D eigenvalue weighted by molar-refractivity contribution is 0.0720. The Morgan fingerprint density at radius 3 is 2.55 bits per heavy atom. The van der Waals surface area contributed by atoms with Gasteiger partial charge in [-0.1, -0.05) is 0 Å². The third-order valence-electron chi connectivity index (χ3n) is 3.19. The fraction of sp³-hybridized carbons (Fsp3) is 0.429. The molecule has 22 heavy (non-hydrogen) atoms. The fourth-order valence-electron chi connectivity index (χ4n) is 2.35. The number of amides is 1. The second-order valence-corrected chi connectivity index (χ2v) is 6.78. The largest absolute Gasteiger partial charge is 0.465 e. The number of halogens is 1. The minimum absolute atomic E-state index is 0.467. The van der Waals surface area contributed by atoms with E-state index >= 15 is 0 Å². The van der Waals surface area contributed by atoms with E-state index in [9.17, 15) is 9.90 Å². The minimum Gasteiger partial charge on any atom is -0.465 e. The average Bonchev–Trinajstić information content (AvgIpc) is 2.86. The van der Waals surface area contributed by atoms with Crippen molar-refractivity contribution in [2.45, 2.75) is 39.3 Å². The molecule has 1 amide bonds. The summed E-state index contributed by atoms with van der Waals surface area (Å²) in [6.07, 6.45) is 2.06. The van der Waals surface area contributed by atoms with Crippen molar-refractivity contribution < 1.29 is 9.90 Å². The lowest BCUT2D eigenvalue weighted by Gasteiger charge is -2.37. The Morgan fingerprint density at radius 1 is 1.36 bits per heavy atom. The molecule has 0 aromatic carbocycles. The summed E-state index contributed by atoms with van der Waals surface area (Å²) >= 11 is 3.33. The number of nitrogens with zero attached hydrogens (tertiary/aromatic N) is 5. The number of aromatic nitrogens is 4. The molecular weight excluding hydrogens is 350 g/mol. The standard InChI is InChI=1S/C14H18BrN5O2/c1-9(19(13(21)22)14(2,3)4)12-17-8-18-20(12)11-6-5-10(15)7-16-11/h5-9H,1-4H3,(H,21,22). The van der Waals surface area contributed by atoms with E-state index in [1.807, 2.05) is 26.8 Å². The first-order chi connectivity index (χ1) is 10.2. The van der Waals surface area contributed by atoms with Gasteiger partial charge in [-0.05, 0) is 55.8 Å². The molecule has 0 bridgehead atoms. The van der Waals surface area contributed by atoms with Gasteiger partial charge in [-0.25, -0.2) is 14.8 Å². The Hall–Kier alpha value is -1.96. The van der Waals surface area contributed by atoms with Gasteiger partial charge in [0.25, 0.3) is 0 Å². The highest BCUT2D eigenvalue weighted by Crippen LogP contribution is 2.27. The van der Waals surface area contributed by atoms with Crippen LogP contribution < -0.4 is 0 Å². The van der Waals surface area contributed by atoms with E-state index in [2.05, 4.69) is 31.0 Å². The molecule has 0 aliphatic heterocycles. The summed E-state index contributed by atoms with van der Waals surface area (Å²) in [5.41, 5.74) is -0.560. The topological polar surface area (TPSA) is 84.1 Å². The molecule has 1 unspecified atom stereocenters. The van der Waals surface area contributed by atoms with Crippen LogP contribution >= 0.6 is 15.9 Å². The number of carboxylic acid groups (broad SMARTS) is 1. The maximum Gasteiger partial charge on any atom is 0.408 e. The molecule has 2 aromatic rings. The van der Waals surface area contributed by atoms with Crippen LogP contribution in [0.4, 0.5) is 4.79 Å². The van der Waals surface area contributed by atoms with Crippen molar-refractivity contribution in [1.82, 2.24) is 24.6 Å². The lowest BCUT2D eigenvalue weighted by atomic mass is 10.0. The van der Waals surface area contributed by atoms with Crippen LogP contribution in [-0.2, 0) is 0 Å². The van der Waals surface area contributed by atoms with Crippen LogP contribution in [0.3, 0.4) is 0 Å². The van der Waals surface area contributed by atoms with Gasteiger partial charge >= 0.3 is 6.09 Å². The highest BCUT2D eigenvalue weighted by atomic mass is 79.9. The SMILES string of the molecule is CC(c1ncnn1-c1ccc(Br)cn1)N(C(=O)O)C(C)(C)C. The molecule has 8 heteroatoms. The predicted molar refractivity (Wildman–Crippen MR) is 84.9 cm³/mol. The van der Waals surface area contributed by atoms with Crippen molar-refractivity contribution in [3.63, 3.8) is 0 Å². The predicted octanol–water partition coefficient (Wildman–Crippen LogP) is 3.26. The summed E-state index contributed by atoms with van der Waals surface area (Å²) in [6.45, 7) is 7.32. The molecule has 0 fully saturated rings. The van der Waals surface area contributed by atoms with Crippen LogP contribution in [0.25, 0.3) is 5.82 Å². The third-order valence-corrected chi connectivity index (χ3v) is 3.66. The van der Waals surface area contributed by atoms with Crippen molar-refractivity contribution in [1.29, 1.82) is 0 Å². The van der Waals surface area contributed by atoms with Crippen LogP contribution in [-0.4, -0.2) is 41.4 Å². The molecule has 0 saturated heterocycles. The molecule has 2 aromatic heterocycles. The zero-order valence-corrected chi connectivity index (χ0v) is 14.4. The quantitative estimate of drug-likeness (QED) is 0.899. The Bertz CT molecular complexity index is 663. The van der Waals surface area contributed by atoms with Crippen molar-refractivity contribution in [3.05, 3.63) is 35.0 Å². The van der Waals surface area contributed by atoms with Gasteiger partial charge in [-0.2, -0.15) is 9.78 Å². The monoisotopic (exact) mass is 367 g/mol. The Morgan fingerprint density at radius 2 is 2.05 bits per heavy atom. The van der Waals surface area contributed by atoms with Crippen LogP contribution in [0.1, 0.15) is 39.6 Å². The van der Waals surface area contributed by atoms with E-state index in [4.69, 9.17) is 0 Å². The molecule has 2 heterocycles. The van der Waals surface area contributed by atoms with Gasteiger partial charge in [0.15, 0.2) is 11.6 Å². The van der Waals surface area contributed by atoms with E-state index in [-0.39, 0.29) is 0 Å². The average molecular weight is 368 g/mol. The van der Waals surface area contributed by atoms with Crippen LogP contribution in [0.2, 0.25) is 0 Å². The number of rotatable bonds is 3. The second kappa shape index (κ2) is 6.04. The Balaban J connectivity index is 2.43. The van der Waals surface area contributed by atoms with Gasteiger partial charge in [0.05, 0.1) is 6.04 Å². The van der Waals surface area contributed by atoms with Crippen LogP contribution in [0, 0.1) is 0 Å². The van der Waals surface area contributed by atoms with Gasteiger partial charge in [0.1, 0.15) is 6.33 Å². The van der Waals surface area contributed by atoms with E-state index in [1.54, 1.807) is 23.9 Å². The van der Waals surface area contributed by atoms with Crippen molar-refractivity contribution in [2.24, 2.45) is 0 Å². The maximum absolute atomic E-state index is 11.6. The highest BCUT2D eigenvalue weighted by molar-refractivity contribution is 9.10. The molecule has 0 radical (unpaired) electrons. The summed E-state index contributed by atoms with van der Waals surface area (Å²) < 4.78 is 2.41. The normalized spacial score (nSPS) is 13.0. The first-order valence-electron chi connectivity index (χ1n) is 6.76. The first-order valence-corrected chi connectivity index (χ1v) is 7.55. The summed E-state index contributed by atoms with van der Waals surface area (Å²) in [5, 5.41) is 13.7. The zero-order valence-electron chi connectivity index (χ0n) is 12.9. The van der Waals surface area contributed by atoms with E-state index < -0.39 is 17.7 Å². The van der Waals surface area contributed by atoms with Gasteiger partial charge in [0, 0.05) is 16.2 Å². The smallest absolute Gasteiger partial charge is 0.408 e. The van der Waals surface area contributed by atoms with Crippen LogP contribution in [0.5, 0.6) is 0 Å². The van der Waals surface area contributed by atoms with Crippen LogP contribution in [0.15, 0.2) is 29.1 Å². The molecule has 7 nitrogen and oxygen atoms in total. The second-order valence-electron chi connectivity index (χ2n) is 5.86. The number of pyridine rings is 1. The molecular formula is C14H18BrN5O2. The Labute approximate surface area is 137 Å². The number of hydrogen-bond acceptors (Lipinski definition) is 4. The van der Waals surface area contributed by atoms with Gasteiger partial charge in [-0.15, -0.1) is 0 Å². The molecule has 1 N–H and O–H groups in total. The van der Waals surface area contributed by atoms with E-state index in [0.717, 1.165) is 4.47 Å². The maximum atomic E-state index is 11.6. The zero-order chi connectivity index (χ0) is 16.5. The van der Waals surface area contributed by atoms with Crippen molar-refractivity contribution >= 4 is 22.0 Å². The first kappa shape index (κ1) is 16.4. The van der Waals surface area contributed by atoms with E-state index in [0.29, 0.717) is 11.6 Å². The summed E-state index contributed by atoms with van der Waals surface area (Å²) in [5.74, 6) is 1.11. The molecule has 0 saturated carbocycles. The van der Waals surface area contributed by atoms with E-state index in [1.165, 1.54) is 11.2 Å². The third kappa shape index (κ3) is 3.27. The fourth-order valence-corrected chi connectivity index (χ4v) is 2.59. The molecule has 0 spiro atoms. The molecule has 2 rings (SSSR count). The molecule has 118 valence electrons. The highest BCUT2D eigenvalue weighted by Gasteiger charge is 2.34. The summed E-state index contributed by atoms with van der Waals surface area (Å²) in [4.78, 5) is 21.5. The van der Waals surface area contributed by atoms with Gasteiger partial charge in [-0.3, -0.25) is 4.90 Å². The number of carbonyl (C=O) groups is 1. The minimum atomic E-state index is -1.00. The molecule has 0 aliphatic carbocycles. The number of hydrogen-bond donors (Lipinski definition) is 1. The van der Waals surface area contributed by atoms with Crippen molar-refractivity contribution in [3.8, 4) is 5.82 Å². The van der Waals surface area contributed by atoms with Gasteiger partial charge in [0.2, 0.25) is 0 Å². The molecule has 0 aliphatic rings. The lowest BCUT2D eigenvalue weighted by Crippen LogP contribution is -2.47. The summed E-state index contributed by atoms with van der Waals surface area (Å²) in [7, 11) is 0. The Kier molecular flexibility index (Phi) is 4.50. The van der Waals surface area contributed by atoms with Gasteiger partial charge < -0.3 is 5.11 Å².